The van der Waals surface area contributed by atoms with E-state index in [-0.39, 0.29) is 5.92 Å². The van der Waals surface area contributed by atoms with Gasteiger partial charge in [0.05, 0.1) is 12.2 Å². The average Bonchev–Trinajstić information content (AvgIpc) is 2.81. The highest BCUT2D eigenvalue weighted by Crippen LogP contribution is 2.25. The molecule has 1 aliphatic rings. The van der Waals surface area contributed by atoms with Gasteiger partial charge in [-0.25, -0.2) is 0 Å². The molecule has 1 aliphatic heterocycles. The van der Waals surface area contributed by atoms with E-state index in [1.165, 1.54) is 0 Å². The summed E-state index contributed by atoms with van der Waals surface area (Å²) < 4.78 is 5.37. The van der Waals surface area contributed by atoms with Crippen molar-refractivity contribution in [3.05, 3.63) is 24.2 Å². The SMILES string of the molecule is CC(Cc1ccco1)N1CCC(C(=O)O)CC1C. The smallest absolute Gasteiger partial charge is 0.306 e. The van der Waals surface area contributed by atoms with Crippen LogP contribution in [0.1, 0.15) is 32.4 Å². The van der Waals surface area contributed by atoms with E-state index in [0.29, 0.717) is 12.1 Å². The van der Waals surface area contributed by atoms with E-state index in [2.05, 4.69) is 18.7 Å². The van der Waals surface area contributed by atoms with Crippen molar-refractivity contribution < 1.29 is 14.3 Å². The molecule has 0 aromatic carbocycles. The first-order chi connectivity index (χ1) is 8.58. The van der Waals surface area contributed by atoms with Crippen LogP contribution in [0.5, 0.6) is 0 Å². The Morgan fingerprint density at radius 2 is 2.44 bits per heavy atom. The lowest BCUT2D eigenvalue weighted by Crippen LogP contribution is -2.47. The summed E-state index contributed by atoms with van der Waals surface area (Å²) in [7, 11) is 0. The largest absolute Gasteiger partial charge is 0.481 e. The number of hydrogen-bond acceptors (Lipinski definition) is 3. The van der Waals surface area contributed by atoms with E-state index in [9.17, 15) is 4.79 Å². The van der Waals surface area contributed by atoms with Crippen LogP contribution in [0.3, 0.4) is 0 Å². The van der Waals surface area contributed by atoms with Gasteiger partial charge in [0.15, 0.2) is 0 Å². The zero-order valence-electron chi connectivity index (χ0n) is 11.0. The second kappa shape index (κ2) is 5.57. The predicted octanol–water partition coefficient (Wildman–Crippen LogP) is 2.40. The van der Waals surface area contributed by atoms with Crippen molar-refractivity contribution in [3.63, 3.8) is 0 Å². The fourth-order valence-corrected chi connectivity index (χ4v) is 2.91. The highest BCUT2D eigenvalue weighted by Gasteiger charge is 2.32. The number of carbonyl (C=O) groups is 1. The van der Waals surface area contributed by atoms with Gasteiger partial charge in [0, 0.05) is 18.5 Å². The van der Waals surface area contributed by atoms with Crippen molar-refractivity contribution in [1.82, 2.24) is 4.90 Å². The van der Waals surface area contributed by atoms with Crippen molar-refractivity contribution >= 4 is 5.97 Å². The number of piperidine rings is 1. The van der Waals surface area contributed by atoms with Crippen LogP contribution >= 0.6 is 0 Å². The lowest BCUT2D eigenvalue weighted by molar-refractivity contribution is -0.144. The summed E-state index contributed by atoms with van der Waals surface area (Å²) in [5.74, 6) is 0.169. The van der Waals surface area contributed by atoms with E-state index in [1.54, 1.807) is 6.26 Å². The second-order valence-electron chi connectivity index (χ2n) is 5.28. The van der Waals surface area contributed by atoms with Crippen LogP contribution in [0.2, 0.25) is 0 Å². The number of carboxylic acids is 1. The topological polar surface area (TPSA) is 53.7 Å². The molecule has 2 heterocycles. The second-order valence-corrected chi connectivity index (χ2v) is 5.28. The van der Waals surface area contributed by atoms with Crippen LogP contribution in [0.15, 0.2) is 22.8 Å². The van der Waals surface area contributed by atoms with Crippen LogP contribution < -0.4 is 0 Å². The van der Waals surface area contributed by atoms with E-state index in [1.807, 2.05) is 12.1 Å². The van der Waals surface area contributed by atoms with Gasteiger partial charge in [0.25, 0.3) is 0 Å². The molecule has 0 saturated carbocycles. The fourth-order valence-electron chi connectivity index (χ4n) is 2.91. The summed E-state index contributed by atoms with van der Waals surface area (Å²) in [6.45, 7) is 5.16. The summed E-state index contributed by atoms with van der Waals surface area (Å²) in [4.78, 5) is 13.4. The minimum Gasteiger partial charge on any atom is -0.481 e. The maximum Gasteiger partial charge on any atom is 0.306 e. The Hall–Kier alpha value is -1.29. The Morgan fingerprint density at radius 1 is 1.67 bits per heavy atom. The maximum atomic E-state index is 11.0. The van der Waals surface area contributed by atoms with Crippen LogP contribution in [-0.4, -0.2) is 34.6 Å². The molecule has 4 nitrogen and oxygen atoms in total. The lowest BCUT2D eigenvalue weighted by atomic mass is 9.90. The van der Waals surface area contributed by atoms with Crippen molar-refractivity contribution in [1.29, 1.82) is 0 Å². The molecule has 0 bridgehead atoms. The monoisotopic (exact) mass is 251 g/mol. The van der Waals surface area contributed by atoms with Crippen LogP contribution in [0.25, 0.3) is 0 Å². The number of hydrogen-bond donors (Lipinski definition) is 1. The molecule has 2 rings (SSSR count). The molecule has 100 valence electrons. The van der Waals surface area contributed by atoms with E-state index >= 15 is 0 Å². The summed E-state index contributed by atoms with van der Waals surface area (Å²) in [5, 5.41) is 9.05. The summed E-state index contributed by atoms with van der Waals surface area (Å²) in [6.07, 6.45) is 4.08. The van der Waals surface area contributed by atoms with Crippen molar-refractivity contribution in [2.24, 2.45) is 5.92 Å². The molecule has 0 radical (unpaired) electrons. The first-order valence-electron chi connectivity index (χ1n) is 6.59. The molecule has 0 aliphatic carbocycles. The number of rotatable bonds is 4. The Morgan fingerprint density at radius 3 is 3.00 bits per heavy atom. The van der Waals surface area contributed by atoms with E-state index in [4.69, 9.17) is 9.52 Å². The van der Waals surface area contributed by atoms with Gasteiger partial charge in [0.2, 0.25) is 0 Å². The quantitative estimate of drug-likeness (QED) is 0.892. The van der Waals surface area contributed by atoms with Crippen molar-refractivity contribution in [2.75, 3.05) is 6.54 Å². The van der Waals surface area contributed by atoms with Gasteiger partial charge >= 0.3 is 5.97 Å². The number of likely N-dealkylation sites (tertiary alicyclic amines) is 1. The van der Waals surface area contributed by atoms with Gasteiger partial charge in [-0.1, -0.05) is 0 Å². The molecule has 4 heteroatoms. The predicted molar refractivity (Wildman–Crippen MR) is 68.4 cm³/mol. The maximum absolute atomic E-state index is 11.0. The zero-order valence-corrected chi connectivity index (χ0v) is 11.0. The Balaban J connectivity index is 1.91. The van der Waals surface area contributed by atoms with Gasteiger partial charge in [-0.2, -0.15) is 0 Å². The van der Waals surface area contributed by atoms with Gasteiger partial charge in [0.1, 0.15) is 5.76 Å². The Kier molecular flexibility index (Phi) is 4.07. The Bertz CT molecular complexity index is 388. The third-order valence-corrected chi connectivity index (χ3v) is 3.92. The average molecular weight is 251 g/mol. The minimum atomic E-state index is -0.653. The molecule has 1 saturated heterocycles. The van der Waals surface area contributed by atoms with Crippen LogP contribution in [-0.2, 0) is 11.2 Å². The Labute approximate surface area is 108 Å². The van der Waals surface area contributed by atoms with Crippen LogP contribution in [0, 0.1) is 5.92 Å². The third kappa shape index (κ3) is 2.93. The van der Waals surface area contributed by atoms with Crippen LogP contribution in [0.4, 0.5) is 0 Å². The van der Waals surface area contributed by atoms with E-state index in [0.717, 1.165) is 31.6 Å². The number of aliphatic carboxylic acids is 1. The molecule has 1 N–H and O–H groups in total. The fraction of sp³-hybridized carbons (Fsp3) is 0.643. The molecule has 1 aromatic heterocycles. The van der Waals surface area contributed by atoms with Crippen molar-refractivity contribution in [3.8, 4) is 0 Å². The highest BCUT2D eigenvalue weighted by molar-refractivity contribution is 5.70. The van der Waals surface area contributed by atoms with Gasteiger partial charge in [-0.05, 0) is 45.4 Å². The molecule has 3 unspecified atom stereocenters. The third-order valence-electron chi connectivity index (χ3n) is 3.92. The summed E-state index contributed by atoms with van der Waals surface area (Å²) in [5.41, 5.74) is 0. The zero-order chi connectivity index (χ0) is 13.1. The number of nitrogens with zero attached hydrogens (tertiary/aromatic N) is 1. The molecule has 0 spiro atoms. The number of carboxylic acid groups (broad SMARTS) is 1. The minimum absolute atomic E-state index is 0.174. The highest BCUT2D eigenvalue weighted by atomic mass is 16.4. The lowest BCUT2D eigenvalue weighted by Gasteiger charge is -2.40. The molecule has 0 amide bonds. The van der Waals surface area contributed by atoms with Gasteiger partial charge < -0.3 is 9.52 Å². The molecular weight excluding hydrogens is 230 g/mol. The standard InChI is InChI=1S/C14H21NO3/c1-10-8-12(14(16)17)5-6-15(10)11(2)9-13-4-3-7-18-13/h3-4,7,10-12H,5-6,8-9H2,1-2H3,(H,16,17). The first-order valence-corrected chi connectivity index (χ1v) is 6.59. The molecule has 18 heavy (non-hydrogen) atoms. The molecule has 3 atom stereocenters. The van der Waals surface area contributed by atoms with Gasteiger partial charge in [-0.15, -0.1) is 0 Å². The summed E-state index contributed by atoms with van der Waals surface area (Å²) >= 11 is 0. The molecule has 1 aromatic rings. The molecular formula is C14H21NO3. The first kappa shape index (κ1) is 13.1. The summed E-state index contributed by atoms with van der Waals surface area (Å²) in [6, 6.07) is 4.61. The van der Waals surface area contributed by atoms with E-state index < -0.39 is 5.97 Å². The van der Waals surface area contributed by atoms with Gasteiger partial charge in [-0.3, -0.25) is 9.69 Å². The van der Waals surface area contributed by atoms with Crippen molar-refractivity contribution in [2.45, 2.75) is 45.2 Å². The molecule has 1 fully saturated rings. The number of furan rings is 1. The normalized spacial score (nSPS) is 27.0.